The lowest BCUT2D eigenvalue weighted by atomic mass is 10.1. The number of aromatic carboxylic acids is 1. The van der Waals surface area contributed by atoms with E-state index < -0.39 is 11.8 Å². The number of halogens is 1. The number of nitrogens with one attached hydrogen (secondary N) is 2. The molecule has 1 amide bonds. The van der Waals surface area contributed by atoms with E-state index in [9.17, 15) is 14.0 Å². The summed E-state index contributed by atoms with van der Waals surface area (Å²) in [5, 5.41) is 14.4. The molecule has 104 valence electrons. The zero-order valence-electron chi connectivity index (χ0n) is 10.9. The first-order valence-electron chi connectivity index (χ1n) is 6.00. The second kappa shape index (κ2) is 6.84. The van der Waals surface area contributed by atoms with Crippen molar-refractivity contribution in [3.63, 3.8) is 0 Å². The Hall–Kier alpha value is -1.95. The van der Waals surface area contributed by atoms with Crippen LogP contribution in [0.1, 0.15) is 30.6 Å². The van der Waals surface area contributed by atoms with Gasteiger partial charge in [0.1, 0.15) is 5.82 Å². The topological polar surface area (TPSA) is 78.4 Å². The second-order valence-electron chi connectivity index (χ2n) is 4.23. The molecule has 6 heteroatoms. The maximum atomic E-state index is 13.0. The van der Waals surface area contributed by atoms with Crippen molar-refractivity contribution in [1.82, 2.24) is 5.32 Å². The van der Waals surface area contributed by atoms with Gasteiger partial charge in [0.05, 0.1) is 17.8 Å². The van der Waals surface area contributed by atoms with Crippen LogP contribution in [0.2, 0.25) is 0 Å². The molecule has 3 N–H and O–H groups in total. The molecule has 0 spiro atoms. The lowest BCUT2D eigenvalue weighted by molar-refractivity contribution is -0.115. The van der Waals surface area contributed by atoms with Crippen LogP contribution in [0.5, 0.6) is 0 Å². The van der Waals surface area contributed by atoms with Crippen LogP contribution in [0.15, 0.2) is 18.2 Å². The first-order chi connectivity index (χ1) is 8.93. The molecule has 0 aliphatic rings. The van der Waals surface area contributed by atoms with Crippen molar-refractivity contribution >= 4 is 17.6 Å². The molecule has 0 saturated heterocycles. The van der Waals surface area contributed by atoms with Crippen LogP contribution in [0.25, 0.3) is 0 Å². The highest BCUT2D eigenvalue weighted by Crippen LogP contribution is 2.16. The highest BCUT2D eigenvalue weighted by molar-refractivity contribution is 6.01. The van der Waals surface area contributed by atoms with Gasteiger partial charge in [-0.05, 0) is 31.5 Å². The van der Waals surface area contributed by atoms with Gasteiger partial charge in [-0.2, -0.15) is 0 Å². The fourth-order valence-electron chi connectivity index (χ4n) is 1.41. The van der Waals surface area contributed by atoms with E-state index >= 15 is 0 Å². The normalized spacial score (nSPS) is 11.9. The van der Waals surface area contributed by atoms with Gasteiger partial charge in [-0.3, -0.25) is 4.79 Å². The van der Waals surface area contributed by atoms with Gasteiger partial charge in [0.15, 0.2) is 0 Å². The summed E-state index contributed by atoms with van der Waals surface area (Å²) in [7, 11) is 0. The Kier molecular flexibility index (Phi) is 5.44. The summed E-state index contributed by atoms with van der Waals surface area (Å²) in [6.45, 7) is 4.00. The smallest absolute Gasteiger partial charge is 0.337 e. The summed E-state index contributed by atoms with van der Waals surface area (Å²) < 4.78 is 13.0. The van der Waals surface area contributed by atoms with Gasteiger partial charge in [-0.25, -0.2) is 9.18 Å². The molecule has 0 saturated carbocycles. The highest BCUT2D eigenvalue weighted by Gasteiger charge is 2.13. The molecule has 1 aromatic rings. The Bertz CT molecular complexity index is 477. The minimum absolute atomic E-state index is 0.0748. The lowest BCUT2D eigenvalue weighted by Crippen LogP contribution is -2.34. The molecule has 19 heavy (non-hydrogen) atoms. The number of benzene rings is 1. The van der Waals surface area contributed by atoms with Gasteiger partial charge < -0.3 is 15.7 Å². The first-order valence-corrected chi connectivity index (χ1v) is 6.00. The number of carboxylic acids is 1. The summed E-state index contributed by atoms with van der Waals surface area (Å²) in [5.74, 6) is -2.31. The number of hydrogen-bond acceptors (Lipinski definition) is 3. The van der Waals surface area contributed by atoms with E-state index in [0.29, 0.717) is 0 Å². The quantitative estimate of drug-likeness (QED) is 0.735. The number of carboxylic acid groups (broad SMARTS) is 1. The first kappa shape index (κ1) is 15.1. The molecule has 0 heterocycles. The van der Waals surface area contributed by atoms with E-state index in [2.05, 4.69) is 10.6 Å². The molecule has 0 bridgehead atoms. The summed E-state index contributed by atoms with van der Waals surface area (Å²) in [6, 6.07) is 3.40. The number of anilines is 1. The van der Waals surface area contributed by atoms with Gasteiger partial charge in [0.25, 0.3) is 0 Å². The Morgan fingerprint density at radius 1 is 1.42 bits per heavy atom. The SMILES string of the molecule is CCC(C)NCC(=O)Nc1ccc(F)cc1C(=O)O. The molecule has 1 atom stereocenters. The zero-order chi connectivity index (χ0) is 14.4. The minimum atomic E-state index is -1.29. The summed E-state index contributed by atoms with van der Waals surface area (Å²) in [6.07, 6.45) is 0.879. The summed E-state index contributed by atoms with van der Waals surface area (Å²) >= 11 is 0. The Labute approximate surface area is 110 Å². The Morgan fingerprint density at radius 3 is 2.68 bits per heavy atom. The fraction of sp³-hybridized carbons (Fsp3) is 0.385. The minimum Gasteiger partial charge on any atom is -0.478 e. The van der Waals surface area contributed by atoms with Crippen LogP contribution in [0, 0.1) is 5.82 Å². The largest absolute Gasteiger partial charge is 0.478 e. The van der Waals surface area contributed by atoms with E-state index in [1.165, 1.54) is 6.07 Å². The van der Waals surface area contributed by atoms with Crippen molar-refractivity contribution in [3.8, 4) is 0 Å². The molecule has 0 radical (unpaired) electrons. The molecule has 0 aliphatic heterocycles. The molecular formula is C13H17FN2O3. The third kappa shape index (κ3) is 4.67. The van der Waals surface area contributed by atoms with Crippen LogP contribution >= 0.6 is 0 Å². The maximum absolute atomic E-state index is 13.0. The van der Waals surface area contributed by atoms with E-state index in [-0.39, 0.29) is 29.7 Å². The van der Waals surface area contributed by atoms with Crippen molar-refractivity contribution in [2.75, 3.05) is 11.9 Å². The lowest BCUT2D eigenvalue weighted by Gasteiger charge is -2.12. The standard InChI is InChI=1S/C13H17FN2O3/c1-3-8(2)15-7-12(17)16-11-5-4-9(14)6-10(11)13(18)19/h4-6,8,15H,3,7H2,1-2H3,(H,16,17)(H,18,19). The molecule has 0 fully saturated rings. The van der Waals surface area contributed by atoms with Gasteiger partial charge in [-0.15, -0.1) is 0 Å². The van der Waals surface area contributed by atoms with E-state index in [4.69, 9.17) is 5.11 Å². The Balaban J connectivity index is 2.71. The molecule has 5 nitrogen and oxygen atoms in total. The number of carbonyl (C=O) groups excluding carboxylic acids is 1. The third-order valence-corrected chi connectivity index (χ3v) is 2.71. The highest BCUT2D eigenvalue weighted by atomic mass is 19.1. The maximum Gasteiger partial charge on any atom is 0.337 e. The average Bonchev–Trinajstić information content (AvgIpc) is 2.37. The van der Waals surface area contributed by atoms with E-state index in [0.717, 1.165) is 18.6 Å². The summed E-state index contributed by atoms with van der Waals surface area (Å²) in [4.78, 5) is 22.6. The van der Waals surface area contributed by atoms with Gasteiger partial charge in [0.2, 0.25) is 5.91 Å². The van der Waals surface area contributed by atoms with Crippen molar-refractivity contribution in [1.29, 1.82) is 0 Å². The van der Waals surface area contributed by atoms with E-state index in [1.807, 2.05) is 13.8 Å². The van der Waals surface area contributed by atoms with Crippen molar-refractivity contribution < 1.29 is 19.1 Å². The van der Waals surface area contributed by atoms with Crippen molar-refractivity contribution in [3.05, 3.63) is 29.6 Å². The zero-order valence-corrected chi connectivity index (χ0v) is 10.9. The average molecular weight is 268 g/mol. The Morgan fingerprint density at radius 2 is 2.11 bits per heavy atom. The molecule has 0 aliphatic carbocycles. The predicted octanol–water partition coefficient (Wildman–Crippen LogP) is 1.85. The number of carbonyl (C=O) groups is 2. The van der Waals surface area contributed by atoms with Crippen molar-refractivity contribution in [2.24, 2.45) is 0 Å². The summed E-state index contributed by atoms with van der Waals surface area (Å²) in [5.41, 5.74) is -0.179. The van der Waals surface area contributed by atoms with E-state index in [1.54, 1.807) is 0 Å². The van der Waals surface area contributed by atoms with Crippen LogP contribution < -0.4 is 10.6 Å². The van der Waals surface area contributed by atoms with Crippen LogP contribution in [0.4, 0.5) is 10.1 Å². The molecule has 1 rings (SSSR count). The fourth-order valence-corrected chi connectivity index (χ4v) is 1.41. The van der Waals surface area contributed by atoms with Crippen LogP contribution in [-0.2, 0) is 4.79 Å². The van der Waals surface area contributed by atoms with Gasteiger partial charge >= 0.3 is 5.97 Å². The number of hydrogen-bond donors (Lipinski definition) is 3. The third-order valence-electron chi connectivity index (χ3n) is 2.71. The molecular weight excluding hydrogens is 251 g/mol. The predicted molar refractivity (Wildman–Crippen MR) is 69.7 cm³/mol. The monoisotopic (exact) mass is 268 g/mol. The van der Waals surface area contributed by atoms with Crippen LogP contribution in [-0.4, -0.2) is 29.6 Å². The van der Waals surface area contributed by atoms with Crippen molar-refractivity contribution in [2.45, 2.75) is 26.3 Å². The van der Waals surface area contributed by atoms with Gasteiger partial charge in [-0.1, -0.05) is 6.92 Å². The second-order valence-corrected chi connectivity index (χ2v) is 4.23. The van der Waals surface area contributed by atoms with Crippen LogP contribution in [0.3, 0.4) is 0 Å². The number of amides is 1. The molecule has 1 unspecified atom stereocenters. The number of rotatable bonds is 6. The van der Waals surface area contributed by atoms with Gasteiger partial charge in [0, 0.05) is 6.04 Å². The molecule has 0 aromatic heterocycles. The molecule has 1 aromatic carbocycles.